The first-order chi connectivity index (χ1) is 50.0. The summed E-state index contributed by atoms with van der Waals surface area (Å²) >= 11 is 4.20. The van der Waals surface area contributed by atoms with Crippen LogP contribution >= 0.6 is 47.0 Å². The first-order valence-electron chi connectivity index (χ1n) is 35.0. The molecule has 4 saturated heterocycles. The Balaban J connectivity index is 0.000000150. The van der Waals surface area contributed by atoms with Gasteiger partial charge in [-0.1, -0.05) is 141 Å². The minimum atomic E-state index is -0.467. The molecule has 5 aliphatic heterocycles. The lowest BCUT2D eigenvalue weighted by Crippen LogP contribution is -2.42. The molecule has 25 heteroatoms. The molecule has 5 N–H and O–H groups in total. The van der Waals surface area contributed by atoms with E-state index in [-0.39, 0.29) is 65.6 Å². The van der Waals surface area contributed by atoms with Crippen molar-refractivity contribution in [1.29, 1.82) is 0 Å². The molecule has 1 saturated carbocycles. The summed E-state index contributed by atoms with van der Waals surface area (Å²) in [7, 11) is 1.97. The number of nitrogens with zero attached hydrogens (tertiary/aromatic N) is 3. The van der Waals surface area contributed by atoms with Crippen molar-refractivity contribution in [2.45, 2.75) is 152 Å². The molecule has 2 aromatic heterocycles. The lowest BCUT2D eigenvalue weighted by atomic mass is 9.76. The van der Waals surface area contributed by atoms with E-state index in [1.54, 1.807) is 6.20 Å². The summed E-state index contributed by atoms with van der Waals surface area (Å²) in [4.78, 5) is 102. The van der Waals surface area contributed by atoms with Crippen LogP contribution in [0, 0.1) is 26.2 Å². The zero-order valence-corrected chi connectivity index (χ0v) is 62.8. The normalized spacial score (nSPS) is 20.0. The number of aromatic hydroxyl groups is 1. The minimum absolute atomic E-state index is 0.189. The van der Waals surface area contributed by atoms with Crippen molar-refractivity contribution in [3.05, 3.63) is 196 Å². The number of pyridine rings is 2. The monoisotopic (exact) mass is 1490 g/mol. The highest BCUT2D eigenvalue weighted by atomic mass is 32.2. The quantitative estimate of drug-likeness (QED) is 0.0376. The topological polar surface area (TPSA) is 280 Å². The van der Waals surface area contributed by atoms with Crippen LogP contribution in [0.4, 0.5) is 25.0 Å². The van der Waals surface area contributed by atoms with Gasteiger partial charge in [0, 0.05) is 42.5 Å². The maximum absolute atomic E-state index is 11.7. The van der Waals surface area contributed by atoms with Gasteiger partial charge in [0.15, 0.2) is 0 Å². The van der Waals surface area contributed by atoms with E-state index in [1.807, 2.05) is 167 Å². The zero-order chi connectivity index (χ0) is 73.9. The van der Waals surface area contributed by atoms with Gasteiger partial charge in [0.1, 0.15) is 59.1 Å². The largest absolute Gasteiger partial charge is 0.507 e. The smallest absolute Gasteiger partial charge is 0.286 e. The Bertz CT molecular complexity index is 4170. The molecule has 7 heterocycles. The van der Waals surface area contributed by atoms with Crippen LogP contribution < -0.4 is 49.9 Å². The summed E-state index contributed by atoms with van der Waals surface area (Å²) in [6, 6.07) is 40.7. The predicted molar refractivity (Wildman–Crippen MR) is 408 cm³/mol. The maximum Gasteiger partial charge on any atom is 0.286 e. The Kier molecular flexibility index (Phi) is 27.3. The van der Waals surface area contributed by atoms with Gasteiger partial charge in [-0.05, 0) is 197 Å². The van der Waals surface area contributed by atoms with Crippen molar-refractivity contribution in [1.82, 2.24) is 31.2 Å². The number of hydrogen-bond acceptors (Lipinski definition) is 21. The van der Waals surface area contributed by atoms with Gasteiger partial charge in [0.2, 0.25) is 23.6 Å². The fourth-order valence-electron chi connectivity index (χ4n) is 12.4. The number of benzene rings is 5. The second-order valence-corrected chi connectivity index (χ2v) is 31.7. The SMILES string of the molecule is CC1(COc2ccc(CC3SC(=O)NC3=O)cc2)CCCCC1.CCc1ccc(CCOc2ccc(CC3SC(=O)NC3=O)cc2)nc1.CN(CCOc1ccc(CC2SC(=O)NC2=O)cc1)c1ccccn1.Cc1c(C)c2c(c(C)c1O)CCC(C)(COc1ccc(CC3SC(=O)NC3=O)cc1)O2. The van der Waals surface area contributed by atoms with Gasteiger partial charge < -0.3 is 33.7 Å². The summed E-state index contributed by atoms with van der Waals surface area (Å²) in [5, 5.41) is 17.1. The van der Waals surface area contributed by atoms with E-state index in [1.165, 1.54) is 37.7 Å². The summed E-state index contributed by atoms with van der Waals surface area (Å²) < 4.78 is 29.9. The number of aryl methyl sites for hydroxylation is 1. The van der Waals surface area contributed by atoms with Crippen LogP contribution in [0.5, 0.6) is 34.5 Å². The van der Waals surface area contributed by atoms with Gasteiger partial charge in [0.25, 0.3) is 21.0 Å². The molecular weight excluding hydrogens is 1400 g/mol. The van der Waals surface area contributed by atoms with Crippen molar-refractivity contribution in [3.63, 3.8) is 0 Å². The summed E-state index contributed by atoms with van der Waals surface area (Å²) in [6.45, 7) is 15.3. The summed E-state index contributed by atoms with van der Waals surface area (Å²) in [6.07, 6.45) is 15.6. The Morgan fingerprint density at radius 2 is 0.942 bits per heavy atom. The fourth-order valence-corrected chi connectivity index (χ4v) is 15.8. The van der Waals surface area contributed by atoms with Crippen LogP contribution in [0.2, 0.25) is 0 Å². The van der Waals surface area contributed by atoms with E-state index in [2.05, 4.69) is 51.1 Å². The molecule has 5 unspecified atom stereocenters. The molecule has 104 heavy (non-hydrogen) atoms. The van der Waals surface area contributed by atoms with Crippen molar-refractivity contribution in [2.75, 3.05) is 44.9 Å². The lowest BCUT2D eigenvalue weighted by Gasteiger charge is -2.37. The van der Waals surface area contributed by atoms with E-state index in [4.69, 9.17) is 23.7 Å². The molecule has 0 spiro atoms. The van der Waals surface area contributed by atoms with Crippen molar-refractivity contribution in [3.8, 4) is 34.5 Å². The van der Waals surface area contributed by atoms with Crippen molar-refractivity contribution in [2.24, 2.45) is 5.41 Å². The molecule has 7 aromatic rings. The van der Waals surface area contributed by atoms with E-state index < -0.39 is 5.60 Å². The number of fused-ring (bicyclic) bond motifs is 1. The number of hydrogen-bond donors (Lipinski definition) is 5. The van der Waals surface area contributed by atoms with Gasteiger partial charge in [0.05, 0.1) is 40.8 Å². The number of likely N-dealkylation sites (N-methyl/N-ethyl adjacent to an activating group) is 1. The van der Waals surface area contributed by atoms with Crippen LogP contribution in [0.1, 0.15) is 115 Å². The van der Waals surface area contributed by atoms with Gasteiger partial charge in [-0.3, -0.25) is 64.6 Å². The van der Waals surface area contributed by atoms with Crippen LogP contribution in [-0.4, -0.2) is 126 Å². The van der Waals surface area contributed by atoms with Crippen LogP contribution in [-0.2, 0) is 64.1 Å². The maximum atomic E-state index is 11.7. The Labute approximate surface area is 624 Å². The first kappa shape index (κ1) is 77.6. The number of aromatic nitrogens is 2. The fraction of sp³-hybridized carbons (Fsp3) is 0.392. The Morgan fingerprint density at radius 3 is 1.35 bits per heavy atom. The number of phenolic OH excluding ortho intramolecular Hbond substituents is 1. The minimum Gasteiger partial charge on any atom is -0.507 e. The molecule has 6 aliphatic rings. The Morgan fingerprint density at radius 1 is 0.510 bits per heavy atom. The van der Waals surface area contributed by atoms with Crippen molar-refractivity contribution >= 4 is 97.5 Å². The highest BCUT2D eigenvalue weighted by Crippen LogP contribution is 2.44. The molecule has 5 fully saturated rings. The van der Waals surface area contributed by atoms with E-state index >= 15 is 0 Å². The number of anilines is 1. The van der Waals surface area contributed by atoms with Gasteiger partial charge in [-0.15, -0.1) is 0 Å². The molecule has 21 nitrogen and oxygen atoms in total. The van der Waals surface area contributed by atoms with Crippen LogP contribution in [0.3, 0.4) is 0 Å². The second kappa shape index (κ2) is 36.6. The molecule has 0 bridgehead atoms. The standard InChI is InChI=1S/C24H27NO5S.C19H20N2O3S.C18H19N3O3S.C18H23NO3S/c1-13-14(2)21-18(15(3)20(13)26)9-10-24(4,30-21)12-29-17-7-5-16(6-8-17)11-19-22(27)25-23(28)31-19;1-2-13-3-6-15(20-12-13)9-10-24-16-7-4-14(5-8-16)11-17-18(22)21-19(23)25-17;1-21(16-4-2-3-9-19-16)10-11-24-14-7-5-13(6-8-14)12-15-17(22)20-18(23)25-15;1-18(9-3-2-4-10-18)12-22-14-7-5-13(6-8-14)11-15-16(20)19-17(21)23-15/h5-8,19,26H,9-12H2,1-4H3,(H,25,27,28);3-8,12,17H,2,9-11H2,1H3,(H,21,22,23);2-9,15H,10-12H2,1H3,(H,20,22,23);5-8,15H,2-4,9-12H2,1H3,(H,19,20,21). The highest BCUT2D eigenvalue weighted by molar-refractivity contribution is 8.16. The Hall–Kier alpha value is -9.04. The number of rotatable bonds is 24. The molecule has 8 amide bonds. The van der Waals surface area contributed by atoms with E-state index in [0.29, 0.717) is 56.7 Å². The molecule has 5 atom stereocenters. The number of carbonyl (C=O) groups is 8. The summed E-state index contributed by atoms with van der Waals surface area (Å²) in [5.41, 5.74) is 9.91. The average Bonchev–Trinajstić information content (AvgIpc) is 1.12. The van der Waals surface area contributed by atoms with Crippen LogP contribution in [0.25, 0.3) is 0 Å². The first-order valence-corrected chi connectivity index (χ1v) is 38.5. The number of carbonyl (C=O) groups excluding carboxylic acids is 8. The van der Waals surface area contributed by atoms with Gasteiger partial charge >= 0.3 is 0 Å². The molecule has 1 aliphatic carbocycles. The molecule has 548 valence electrons. The second-order valence-electron chi connectivity index (χ2n) is 27.0. The molecule has 13 rings (SSSR count). The third kappa shape index (κ3) is 22.3. The zero-order valence-electron chi connectivity index (χ0n) is 59.5. The lowest BCUT2D eigenvalue weighted by molar-refractivity contribution is -0.119. The number of ether oxygens (including phenoxy) is 5. The average molecular weight is 1490 g/mol. The highest BCUT2D eigenvalue weighted by Gasteiger charge is 2.38. The number of amides is 8. The number of thioether (sulfide) groups is 4. The number of phenols is 1. The van der Waals surface area contributed by atoms with Gasteiger partial charge in [-0.2, -0.15) is 0 Å². The summed E-state index contributed by atoms with van der Waals surface area (Å²) in [5.74, 6) is 4.45. The van der Waals surface area contributed by atoms with E-state index in [9.17, 15) is 43.5 Å². The molecule has 0 radical (unpaired) electrons. The third-order valence-electron chi connectivity index (χ3n) is 18.9. The predicted octanol–water partition coefficient (Wildman–Crippen LogP) is 14.0. The van der Waals surface area contributed by atoms with Gasteiger partial charge in [-0.25, -0.2) is 4.98 Å². The molecular formula is C79H89N7O14S4. The van der Waals surface area contributed by atoms with Crippen molar-refractivity contribution < 1.29 is 67.1 Å². The third-order valence-corrected chi connectivity index (χ3v) is 22.8. The molecule has 5 aromatic carbocycles. The van der Waals surface area contributed by atoms with E-state index in [0.717, 1.165) is 171 Å². The number of imide groups is 4. The van der Waals surface area contributed by atoms with Crippen LogP contribution in [0.15, 0.2) is 140 Å². The number of nitrogens with one attached hydrogen (secondary N) is 4.